The van der Waals surface area contributed by atoms with Crippen LogP contribution in [0.4, 0.5) is 5.69 Å². The fraction of sp³-hybridized carbons (Fsp3) is 0.235. The van der Waals surface area contributed by atoms with Crippen LogP contribution in [0.1, 0.15) is 31.2 Å². The number of hydrogen-bond donors (Lipinski definition) is 1. The maximum absolute atomic E-state index is 6.10. The van der Waals surface area contributed by atoms with E-state index >= 15 is 0 Å². The lowest BCUT2D eigenvalue weighted by Crippen LogP contribution is -2.08. The Morgan fingerprint density at radius 2 is 2.05 bits per heavy atom. The van der Waals surface area contributed by atoms with E-state index in [-0.39, 0.29) is 6.04 Å². The smallest absolute Gasteiger partial charge is 0.152 e. The molecule has 1 unspecified atom stereocenters. The minimum absolute atomic E-state index is 0.0223. The summed E-state index contributed by atoms with van der Waals surface area (Å²) < 4.78 is 6.04. The van der Waals surface area contributed by atoms with Crippen molar-refractivity contribution in [2.24, 2.45) is 0 Å². The summed E-state index contributed by atoms with van der Waals surface area (Å²) in [4.78, 5) is 4.08. The van der Waals surface area contributed by atoms with Gasteiger partial charge in [0.2, 0.25) is 0 Å². The number of nitrogens with zero attached hydrogens (tertiary/aromatic N) is 1. The Morgan fingerprint density at radius 1 is 1.24 bits per heavy atom. The molecule has 0 saturated heterocycles. The highest BCUT2D eigenvalue weighted by atomic mass is 35.5. The van der Waals surface area contributed by atoms with E-state index in [9.17, 15) is 0 Å². The number of hydrogen-bond acceptors (Lipinski definition) is 3. The molecule has 0 radical (unpaired) electrons. The number of aryl methyl sites for hydroxylation is 1. The predicted octanol–water partition coefficient (Wildman–Crippen LogP) is 5.22. The first kappa shape index (κ1) is 14.0. The quantitative estimate of drug-likeness (QED) is 0.672. The molecule has 4 heteroatoms. The van der Waals surface area contributed by atoms with E-state index in [2.05, 4.69) is 30.2 Å². The molecule has 0 bridgehead atoms. The van der Waals surface area contributed by atoms with Crippen LogP contribution in [0.3, 0.4) is 0 Å². The van der Waals surface area contributed by atoms with Crippen molar-refractivity contribution in [2.75, 3.05) is 5.32 Å². The summed E-state index contributed by atoms with van der Waals surface area (Å²) in [6.07, 6.45) is 2.61. The number of benzene rings is 1. The second-order valence-corrected chi connectivity index (χ2v) is 5.36. The molecule has 3 nitrogen and oxygen atoms in total. The van der Waals surface area contributed by atoms with Gasteiger partial charge in [0.15, 0.2) is 5.15 Å². The SMILES string of the molecule is CCc1c(C(C)Nc2cccnc2Cl)oc2ccccc12. The van der Waals surface area contributed by atoms with Crippen LogP contribution < -0.4 is 5.32 Å². The van der Waals surface area contributed by atoms with Gasteiger partial charge in [0.25, 0.3) is 0 Å². The summed E-state index contributed by atoms with van der Waals surface area (Å²) in [5.74, 6) is 0.957. The first-order valence-electron chi connectivity index (χ1n) is 7.08. The molecule has 3 rings (SSSR count). The van der Waals surface area contributed by atoms with Crippen molar-refractivity contribution in [1.29, 1.82) is 0 Å². The summed E-state index contributed by atoms with van der Waals surface area (Å²) in [5.41, 5.74) is 2.98. The second-order valence-electron chi connectivity index (χ2n) is 5.00. The largest absolute Gasteiger partial charge is 0.459 e. The Kier molecular flexibility index (Phi) is 3.84. The molecular formula is C17H17ClN2O. The second kappa shape index (κ2) is 5.78. The van der Waals surface area contributed by atoms with Gasteiger partial charge in [-0.25, -0.2) is 4.98 Å². The molecule has 3 aromatic rings. The average Bonchev–Trinajstić information content (AvgIpc) is 2.88. The van der Waals surface area contributed by atoms with Crippen LogP contribution in [0.2, 0.25) is 5.15 Å². The van der Waals surface area contributed by atoms with E-state index < -0.39 is 0 Å². The zero-order valence-electron chi connectivity index (χ0n) is 12.1. The third-order valence-corrected chi connectivity index (χ3v) is 3.91. The highest BCUT2D eigenvalue weighted by Gasteiger charge is 2.18. The molecule has 0 saturated carbocycles. The van der Waals surface area contributed by atoms with Gasteiger partial charge in [-0.3, -0.25) is 0 Å². The summed E-state index contributed by atoms with van der Waals surface area (Å²) in [7, 11) is 0. The van der Waals surface area contributed by atoms with E-state index in [0.29, 0.717) is 5.15 Å². The van der Waals surface area contributed by atoms with Crippen LogP contribution in [0.25, 0.3) is 11.0 Å². The number of fused-ring (bicyclic) bond motifs is 1. The topological polar surface area (TPSA) is 38.1 Å². The number of anilines is 1. The minimum Gasteiger partial charge on any atom is -0.459 e. The molecule has 0 aliphatic rings. The summed E-state index contributed by atoms with van der Waals surface area (Å²) in [6.45, 7) is 4.21. The Balaban J connectivity index is 1.98. The van der Waals surface area contributed by atoms with Gasteiger partial charge in [0.1, 0.15) is 11.3 Å². The number of para-hydroxylation sites is 1. The predicted molar refractivity (Wildman–Crippen MR) is 86.9 cm³/mol. The molecule has 1 atom stereocenters. The zero-order chi connectivity index (χ0) is 14.8. The van der Waals surface area contributed by atoms with Crippen molar-refractivity contribution in [3.8, 4) is 0 Å². The molecule has 0 fully saturated rings. The van der Waals surface area contributed by atoms with Crippen molar-refractivity contribution in [2.45, 2.75) is 26.3 Å². The van der Waals surface area contributed by atoms with Crippen LogP contribution in [-0.2, 0) is 6.42 Å². The number of furan rings is 1. The van der Waals surface area contributed by atoms with Crippen LogP contribution in [-0.4, -0.2) is 4.98 Å². The number of pyridine rings is 1. The molecule has 2 aromatic heterocycles. The molecule has 1 N–H and O–H groups in total. The van der Waals surface area contributed by atoms with Crippen molar-refractivity contribution in [1.82, 2.24) is 4.98 Å². The van der Waals surface area contributed by atoms with Gasteiger partial charge in [-0.15, -0.1) is 0 Å². The van der Waals surface area contributed by atoms with Crippen molar-refractivity contribution >= 4 is 28.3 Å². The fourth-order valence-electron chi connectivity index (χ4n) is 2.62. The summed E-state index contributed by atoms with van der Waals surface area (Å²) in [6, 6.07) is 11.9. The Labute approximate surface area is 128 Å². The Bertz CT molecular complexity index is 766. The van der Waals surface area contributed by atoms with Gasteiger partial charge in [-0.1, -0.05) is 36.7 Å². The summed E-state index contributed by atoms with van der Waals surface area (Å²) in [5, 5.41) is 5.03. The van der Waals surface area contributed by atoms with Gasteiger partial charge in [-0.05, 0) is 31.5 Å². The molecule has 0 spiro atoms. The third kappa shape index (κ3) is 2.61. The number of rotatable bonds is 4. The maximum atomic E-state index is 6.10. The first-order chi connectivity index (χ1) is 10.2. The van der Waals surface area contributed by atoms with Gasteiger partial charge in [0.05, 0.1) is 11.7 Å². The van der Waals surface area contributed by atoms with Crippen molar-refractivity contribution in [3.63, 3.8) is 0 Å². The average molecular weight is 301 g/mol. The number of halogens is 1. The van der Waals surface area contributed by atoms with Crippen molar-refractivity contribution in [3.05, 3.63) is 59.1 Å². The van der Waals surface area contributed by atoms with E-state index in [0.717, 1.165) is 23.5 Å². The standard InChI is InChI=1S/C17H17ClN2O/c1-3-12-13-7-4-5-9-15(13)21-16(12)11(2)20-14-8-6-10-19-17(14)18/h4-11,20H,3H2,1-2H3. The van der Waals surface area contributed by atoms with Crippen LogP contribution in [0, 0.1) is 0 Å². The highest BCUT2D eigenvalue weighted by molar-refractivity contribution is 6.31. The monoisotopic (exact) mass is 300 g/mol. The lowest BCUT2D eigenvalue weighted by atomic mass is 10.0. The van der Waals surface area contributed by atoms with Gasteiger partial charge in [0, 0.05) is 17.1 Å². The summed E-state index contributed by atoms with van der Waals surface area (Å²) >= 11 is 6.10. The molecule has 108 valence electrons. The molecule has 0 aliphatic carbocycles. The van der Waals surface area contributed by atoms with Crippen molar-refractivity contribution < 1.29 is 4.42 Å². The molecule has 21 heavy (non-hydrogen) atoms. The zero-order valence-corrected chi connectivity index (χ0v) is 12.8. The van der Waals surface area contributed by atoms with Gasteiger partial charge in [-0.2, -0.15) is 0 Å². The molecule has 1 aromatic carbocycles. The van der Waals surface area contributed by atoms with E-state index in [1.165, 1.54) is 10.9 Å². The molecule has 2 heterocycles. The van der Waals surface area contributed by atoms with Crippen LogP contribution in [0.5, 0.6) is 0 Å². The Hall–Kier alpha value is -2.00. The molecule has 0 aliphatic heterocycles. The van der Waals surface area contributed by atoms with Gasteiger partial charge < -0.3 is 9.73 Å². The maximum Gasteiger partial charge on any atom is 0.152 e. The molecule has 0 amide bonds. The Morgan fingerprint density at radius 3 is 2.81 bits per heavy atom. The lowest BCUT2D eigenvalue weighted by Gasteiger charge is -2.15. The number of nitrogens with one attached hydrogen (secondary N) is 1. The van der Waals surface area contributed by atoms with Gasteiger partial charge >= 0.3 is 0 Å². The highest BCUT2D eigenvalue weighted by Crippen LogP contribution is 2.32. The first-order valence-corrected chi connectivity index (χ1v) is 7.46. The minimum atomic E-state index is 0.0223. The normalized spacial score (nSPS) is 12.5. The van der Waals surface area contributed by atoms with E-state index in [1.807, 2.05) is 30.3 Å². The fourth-order valence-corrected chi connectivity index (χ4v) is 2.80. The third-order valence-electron chi connectivity index (χ3n) is 3.61. The van der Waals surface area contributed by atoms with E-state index in [4.69, 9.17) is 16.0 Å². The number of aromatic nitrogens is 1. The molecular weight excluding hydrogens is 284 g/mol. The van der Waals surface area contributed by atoms with Crippen LogP contribution >= 0.6 is 11.6 Å². The lowest BCUT2D eigenvalue weighted by molar-refractivity contribution is 0.520. The van der Waals surface area contributed by atoms with Crippen LogP contribution in [0.15, 0.2) is 47.0 Å². The van der Waals surface area contributed by atoms with E-state index in [1.54, 1.807) is 6.20 Å².